The number of alkyl halides is 2. The molecule has 1 N–H and O–H groups in total. The number of amides is 3. The Bertz CT molecular complexity index is 881. The molecule has 3 aliphatic rings. The highest BCUT2D eigenvalue weighted by Gasteiger charge is 2.66. The Hall–Kier alpha value is -1.45. The van der Waals surface area contributed by atoms with Crippen LogP contribution in [0.4, 0.5) is 5.69 Å². The molecule has 1 aromatic rings. The quantitative estimate of drug-likeness (QED) is 0.327. The minimum atomic E-state index is -0.651. The van der Waals surface area contributed by atoms with Crippen LogP contribution >= 0.6 is 43.5 Å². The largest absolute Gasteiger partial charge is 0.456 e. The first-order valence-corrected chi connectivity index (χ1v) is 11.8. The lowest BCUT2D eigenvalue weighted by Crippen LogP contribution is -2.37. The summed E-state index contributed by atoms with van der Waals surface area (Å²) >= 11 is 13.2. The standard InChI is InChI=1S/C20H19Br2ClN2O5/c21-17-9-7-10(18(17)22)16-15(9)19(28)25(20(16)29)6-5-14(27)30-8-13(26)24-12-4-2-1-3-11(12)23/h1-4,9-10,15-18H,5-8H2,(H,24,26)/t9-,10-,15-,16+,17-,18+/m1/s1. The number of hydrogen-bond acceptors (Lipinski definition) is 5. The highest BCUT2D eigenvalue weighted by Crippen LogP contribution is 2.60. The molecule has 1 aromatic carbocycles. The van der Waals surface area contributed by atoms with Gasteiger partial charge in [-0.25, -0.2) is 0 Å². The second-order valence-corrected chi connectivity index (χ2v) is 10.3. The maximum atomic E-state index is 12.8. The second-order valence-electron chi connectivity index (χ2n) is 7.77. The summed E-state index contributed by atoms with van der Waals surface area (Å²) in [6.07, 6.45) is 0.705. The van der Waals surface area contributed by atoms with Gasteiger partial charge in [-0.1, -0.05) is 55.6 Å². The van der Waals surface area contributed by atoms with E-state index in [2.05, 4.69) is 37.2 Å². The molecule has 10 heteroatoms. The molecule has 0 spiro atoms. The Kier molecular flexibility index (Phi) is 6.23. The Morgan fingerprint density at radius 3 is 2.30 bits per heavy atom. The van der Waals surface area contributed by atoms with E-state index in [4.69, 9.17) is 16.3 Å². The molecule has 7 nitrogen and oxygen atoms in total. The summed E-state index contributed by atoms with van der Waals surface area (Å²) in [5.41, 5.74) is 0.421. The highest BCUT2D eigenvalue weighted by molar-refractivity contribution is 9.12. The first-order chi connectivity index (χ1) is 14.3. The van der Waals surface area contributed by atoms with Gasteiger partial charge in [0.15, 0.2) is 6.61 Å². The van der Waals surface area contributed by atoms with Gasteiger partial charge in [0.1, 0.15) is 0 Å². The Labute approximate surface area is 195 Å². The first kappa shape index (κ1) is 21.8. The van der Waals surface area contributed by atoms with Crippen LogP contribution in [0.2, 0.25) is 5.02 Å². The van der Waals surface area contributed by atoms with Gasteiger partial charge in [0, 0.05) is 16.2 Å². The van der Waals surface area contributed by atoms with E-state index in [9.17, 15) is 19.2 Å². The summed E-state index contributed by atoms with van der Waals surface area (Å²) in [6, 6.07) is 6.71. The number of carbonyl (C=O) groups excluding carboxylic acids is 4. The maximum Gasteiger partial charge on any atom is 0.308 e. The summed E-state index contributed by atoms with van der Waals surface area (Å²) in [5, 5.41) is 2.93. The Balaban J connectivity index is 1.27. The van der Waals surface area contributed by atoms with Gasteiger partial charge in [0.25, 0.3) is 5.91 Å². The number of para-hydroxylation sites is 1. The van der Waals surface area contributed by atoms with Gasteiger partial charge in [-0.3, -0.25) is 24.1 Å². The fourth-order valence-electron chi connectivity index (χ4n) is 4.80. The van der Waals surface area contributed by atoms with Crippen LogP contribution in [0, 0.1) is 23.7 Å². The summed E-state index contributed by atoms with van der Waals surface area (Å²) in [6.45, 7) is -0.507. The molecule has 3 fully saturated rings. The zero-order chi connectivity index (χ0) is 21.6. The van der Waals surface area contributed by atoms with Crippen LogP contribution in [-0.2, 0) is 23.9 Å². The molecule has 30 heavy (non-hydrogen) atoms. The smallest absolute Gasteiger partial charge is 0.308 e. The zero-order valence-corrected chi connectivity index (χ0v) is 19.7. The average Bonchev–Trinajstić information content (AvgIpc) is 3.32. The van der Waals surface area contributed by atoms with E-state index < -0.39 is 18.5 Å². The molecule has 160 valence electrons. The van der Waals surface area contributed by atoms with Gasteiger partial charge in [-0.2, -0.15) is 0 Å². The van der Waals surface area contributed by atoms with Crippen molar-refractivity contribution in [2.45, 2.75) is 22.5 Å². The average molecular weight is 563 g/mol. The SMILES string of the molecule is O=C(COC(=O)CCN1C(=O)[C@@H]2[C@H]3C[C@@H]([C@H](Br)[C@@H]3Br)[C@@H]2C1=O)Nc1ccccc1Cl. The Morgan fingerprint density at radius 1 is 1.10 bits per heavy atom. The number of hydrogen-bond donors (Lipinski definition) is 1. The molecule has 4 rings (SSSR count). The van der Waals surface area contributed by atoms with E-state index in [1.807, 2.05) is 0 Å². The van der Waals surface area contributed by atoms with Crippen molar-refractivity contribution < 1.29 is 23.9 Å². The molecule has 3 amide bonds. The third kappa shape index (κ3) is 3.80. The van der Waals surface area contributed by atoms with Gasteiger partial charge < -0.3 is 10.1 Å². The van der Waals surface area contributed by atoms with Crippen LogP contribution in [0.3, 0.4) is 0 Å². The minimum absolute atomic E-state index is 0.0328. The number of fused-ring (bicyclic) bond motifs is 5. The first-order valence-electron chi connectivity index (χ1n) is 9.63. The van der Waals surface area contributed by atoms with Crippen molar-refractivity contribution in [2.24, 2.45) is 23.7 Å². The number of ether oxygens (including phenoxy) is 1. The number of imide groups is 1. The number of likely N-dealkylation sites (tertiary alicyclic amines) is 1. The van der Waals surface area contributed by atoms with E-state index in [-0.39, 0.29) is 58.1 Å². The third-order valence-corrected chi connectivity index (χ3v) is 9.67. The minimum Gasteiger partial charge on any atom is -0.456 e. The fourth-order valence-corrected chi connectivity index (χ4v) is 6.86. The monoisotopic (exact) mass is 560 g/mol. The maximum absolute atomic E-state index is 12.8. The van der Waals surface area contributed by atoms with Gasteiger partial charge in [0.05, 0.1) is 29.0 Å². The van der Waals surface area contributed by atoms with Gasteiger partial charge >= 0.3 is 5.97 Å². The number of halogens is 3. The van der Waals surface area contributed by atoms with E-state index in [1.54, 1.807) is 24.3 Å². The molecule has 2 bridgehead atoms. The van der Waals surface area contributed by atoms with Crippen LogP contribution in [0.15, 0.2) is 24.3 Å². The normalized spacial score (nSPS) is 31.8. The van der Waals surface area contributed by atoms with Gasteiger partial charge in [0.2, 0.25) is 11.8 Å². The molecule has 6 atom stereocenters. The van der Waals surface area contributed by atoms with Crippen molar-refractivity contribution >= 4 is 72.8 Å². The number of carbonyl (C=O) groups is 4. The third-order valence-electron chi connectivity index (χ3n) is 6.13. The van der Waals surface area contributed by atoms with Crippen LogP contribution in [-0.4, -0.2) is 51.4 Å². The van der Waals surface area contributed by atoms with E-state index in [0.29, 0.717) is 10.7 Å². The molecule has 0 unspecified atom stereocenters. The summed E-state index contributed by atoms with van der Waals surface area (Å²) in [4.78, 5) is 51.1. The Morgan fingerprint density at radius 2 is 1.70 bits per heavy atom. The lowest BCUT2D eigenvalue weighted by atomic mass is 9.81. The second kappa shape index (κ2) is 8.59. The molecule has 2 aliphatic carbocycles. The zero-order valence-electron chi connectivity index (χ0n) is 15.7. The molecular formula is C20H19Br2ClN2O5. The summed E-state index contributed by atoms with van der Waals surface area (Å²) in [5.74, 6) is -1.94. The van der Waals surface area contributed by atoms with Crippen LogP contribution in [0.1, 0.15) is 12.8 Å². The van der Waals surface area contributed by atoms with Crippen LogP contribution in [0.25, 0.3) is 0 Å². The number of benzene rings is 1. The summed E-state index contributed by atoms with van der Waals surface area (Å²) in [7, 11) is 0. The van der Waals surface area contributed by atoms with Crippen molar-refractivity contribution in [2.75, 3.05) is 18.5 Å². The topological polar surface area (TPSA) is 92.8 Å². The van der Waals surface area contributed by atoms with Gasteiger partial charge in [-0.15, -0.1) is 0 Å². The van der Waals surface area contributed by atoms with Crippen LogP contribution in [0.5, 0.6) is 0 Å². The number of nitrogens with zero attached hydrogens (tertiary/aromatic N) is 1. The number of esters is 1. The van der Waals surface area contributed by atoms with Crippen molar-refractivity contribution in [1.82, 2.24) is 4.90 Å². The molecule has 1 saturated heterocycles. The number of rotatable bonds is 6. The van der Waals surface area contributed by atoms with Crippen LogP contribution < -0.4 is 5.32 Å². The highest BCUT2D eigenvalue weighted by atomic mass is 79.9. The van der Waals surface area contributed by atoms with Crippen molar-refractivity contribution in [1.29, 1.82) is 0 Å². The lowest BCUT2D eigenvalue weighted by Gasteiger charge is -2.28. The molecule has 1 aliphatic heterocycles. The van der Waals surface area contributed by atoms with Crippen molar-refractivity contribution in [3.05, 3.63) is 29.3 Å². The molecule has 0 aromatic heterocycles. The molecule has 2 saturated carbocycles. The molecule has 0 radical (unpaired) electrons. The van der Waals surface area contributed by atoms with Gasteiger partial charge in [-0.05, 0) is 30.4 Å². The number of anilines is 1. The van der Waals surface area contributed by atoms with E-state index >= 15 is 0 Å². The predicted molar refractivity (Wildman–Crippen MR) is 116 cm³/mol. The lowest BCUT2D eigenvalue weighted by molar-refractivity contribution is -0.149. The fraction of sp³-hybridized carbons (Fsp3) is 0.500. The summed E-state index contributed by atoms with van der Waals surface area (Å²) < 4.78 is 4.97. The number of nitrogens with one attached hydrogen (secondary N) is 1. The molecule has 1 heterocycles. The predicted octanol–water partition coefficient (Wildman–Crippen LogP) is 2.99. The van der Waals surface area contributed by atoms with E-state index in [0.717, 1.165) is 6.42 Å². The van der Waals surface area contributed by atoms with Crippen molar-refractivity contribution in [3.63, 3.8) is 0 Å². The molecular weight excluding hydrogens is 543 g/mol. The van der Waals surface area contributed by atoms with E-state index in [1.165, 1.54) is 4.90 Å². The van der Waals surface area contributed by atoms with Crippen molar-refractivity contribution in [3.8, 4) is 0 Å².